The minimum absolute atomic E-state index is 0.496. The molecular weight excluding hydrogens is 322 g/mol. The summed E-state index contributed by atoms with van der Waals surface area (Å²) >= 11 is 1.60. The Balaban J connectivity index is 1.73. The summed E-state index contributed by atoms with van der Waals surface area (Å²) in [5.74, 6) is 1.16. The molecular formula is C18H21N3O2S. The monoisotopic (exact) mass is 343 g/mol. The van der Waals surface area contributed by atoms with Crippen LogP contribution in [0, 0.1) is 0 Å². The van der Waals surface area contributed by atoms with Crippen LogP contribution in [-0.4, -0.2) is 32.3 Å². The van der Waals surface area contributed by atoms with E-state index in [-0.39, 0.29) is 0 Å². The topological polar surface area (TPSA) is 62.4 Å². The second kappa shape index (κ2) is 7.25. The van der Waals surface area contributed by atoms with Crippen LogP contribution in [0.5, 0.6) is 0 Å². The van der Waals surface area contributed by atoms with Crippen molar-refractivity contribution in [2.45, 2.75) is 32.5 Å². The summed E-state index contributed by atoms with van der Waals surface area (Å²) in [4.78, 5) is 6.58. The normalized spacial score (nSPS) is 12.0. The molecule has 0 aliphatic heterocycles. The van der Waals surface area contributed by atoms with E-state index in [1.807, 2.05) is 35.0 Å². The molecule has 0 bridgehead atoms. The van der Waals surface area contributed by atoms with Gasteiger partial charge in [-0.1, -0.05) is 35.5 Å². The summed E-state index contributed by atoms with van der Waals surface area (Å²) in [5.41, 5.74) is 1.34. The standard InChI is InChI=1S/C18H21N3O2S/c1-18(2,22)13-21(10-14-6-4-3-5-7-14)11-16-19-17(20-23-16)15-8-9-24-12-15/h3-9,12,22H,10-11,13H2,1-2H3. The van der Waals surface area contributed by atoms with Gasteiger partial charge in [-0.3, -0.25) is 4.90 Å². The molecule has 24 heavy (non-hydrogen) atoms. The summed E-state index contributed by atoms with van der Waals surface area (Å²) in [7, 11) is 0. The van der Waals surface area contributed by atoms with Crippen molar-refractivity contribution in [3.05, 3.63) is 58.6 Å². The van der Waals surface area contributed by atoms with Crippen molar-refractivity contribution in [3.8, 4) is 11.4 Å². The minimum atomic E-state index is -0.801. The predicted molar refractivity (Wildman–Crippen MR) is 94.5 cm³/mol. The van der Waals surface area contributed by atoms with Gasteiger partial charge in [-0.25, -0.2) is 0 Å². The van der Waals surface area contributed by atoms with E-state index in [2.05, 4.69) is 27.2 Å². The van der Waals surface area contributed by atoms with E-state index in [0.29, 0.717) is 31.3 Å². The fourth-order valence-electron chi connectivity index (χ4n) is 2.58. The van der Waals surface area contributed by atoms with Crippen LogP contribution >= 0.6 is 11.3 Å². The molecule has 0 fully saturated rings. The van der Waals surface area contributed by atoms with E-state index in [0.717, 1.165) is 5.56 Å². The van der Waals surface area contributed by atoms with Crippen LogP contribution in [0.25, 0.3) is 11.4 Å². The van der Waals surface area contributed by atoms with E-state index in [1.165, 1.54) is 5.56 Å². The number of rotatable bonds is 7. The quantitative estimate of drug-likeness (QED) is 0.710. The lowest BCUT2D eigenvalue weighted by Gasteiger charge is -2.27. The van der Waals surface area contributed by atoms with Gasteiger partial charge in [-0.2, -0.15) is 16.3 Å². The van der Waals surface area contributed by atoms with Gasteiger partial charge in [0.1, 0.15) is 0 Å². The summed E-state index contributed by atoms with van der Waals surface area (Å²) in [6, 6.07) is 12.1. The smallest absolute Gasteiger partial charge is 0.241 e. The van der Waals surface area contributed by atoms with Crippen molar-refractivity contribution in [1.29, 1.82) is 0 Å². The molecule has 2 aromatic heterocycles. The summed E-state index contributed by atoms with van der Waals surface area (Å²) in [6.45, 7) is 5.32. The molecule has 3 rings (SSSR count). The van der Waals surface area contributed by atoms with Crippen LogP contribution in [0.4, 0.5) is 0 Å². The molecule has 6 heteroatoms. The fraction of sp³-hybridized carbons (Fsp3) is 0.333. The van der Waals surface area contributed by atoms with Crippen molar-refractivity contribution in [3.63, 3.8) is 0 Å². The van der Waals surface area contributed by atoms with E-state index in [9.17, 15) is 5.11 Å². The molecule has 0 spiro atoms. The SMILES string of the molecule is CC(C)(O)CN(Cc1ccccc1)Cc1nc(-c2ccsc2)no1. The van der Waals surface area contributed by atoms with Crippen LogP contribution < -0.4 is 0 Å². The zero-order valence-electron chi connectivity index (χ0n) is 13.8. The molecule has 5 nitrogen and oxygen atoms in total. The second-order valence-electron chi connectivity index (χ2n) is 6.47. The van der Waals surface area contributed by atoms with Crippen molar-refractivity contribution in [2.75, 3.05) is 6.54 Å². The minimum Gasteiger partial charge on any atom is -0.389 e. The highest BCUT2D eigenvalue weighted by molar-refractivity contribution is 7.08. The number of thiophene rings is 1. The third-order valence-corrected chi connectivity index (χ3v) is 4.15. The van der Waals surface area contributed by atoms with Gasteiger partial charge in [0.05, 0.1) is 12.1 Å². The second-order valence-corrected chi connectivity index (χ2v) is 7.25. The van der Waals surface area contributed by atoms with Gasteiger partial charge >= 0.3 is 0 Å². The first-order chi connectivity index (χ1) is 11.5. The molecule has 126 valence electrons. The van der Waals surface area contributed by atoms with E-state index >= 15 is 0 Å². The molecule has 0 radical (unpaired) electrons. The maximum Gasteiger partial charge on any atom is 0.241 e. The molecule has 1 aromatic carbocycles. The van der Waals surface area contributed by atoms with Crippen LogP contribution in [0.15, 0.2) is 51.7 Å². The maximum absolute atomic E-state index is 10.2. The zero-order chi connectivity index (χ0) is 17.0. The molecule has 0 aliphatic rings. The molecule has 0 saturated carbocycles. The molecule has 2 heterocycles. The zero-order valence-corrected chi connectivity index (χ0v) is 14.7. The highest BCUT2D eigenvalue weighted by Crippen LogP contribution is 2.20. The number of nitrogens with zero attached hydrogens (tertiary/aromatic N) is 3. The lowest BCUT2D eigenvalue weighted by molar-refractivity contribution is 0.0273. The Labute approximate surface area is 145 Å². The third-order valence-electron chi connectivity index (χ3n) is 3.47. The van der Waals surface area contributed by atoms with Crippen LogP contribution in [0.1, 0.15) is 25.3 Å². The highest BCUT2D eigenvalue weighted by Gasteiger charge is 2.21. The predicted octanol–water partition coefficient (Wildman–Crippen LogP) is 3.57. The first kappa shape index (κ1) is 16.8. The molecule has 0 aliphatic carbocycles. The van der Waals surface area contributed by atoms with Crippen LogP contribution in [-0.2, 0) is 13.1 Å². The fourth-order valence-corrected chi connectivity index (χ4v) is 3.21. The molecule has 3 aromatic rings. The van der Waals surface area contributed by atoms with Crippen molar-refractivity contribution >= 4 is 11.3 Å². The summed E-state index contributed by atoms with van der Waals surface area (Å²) < 4.78 is 5.39. The van der Waals surface area contributed by atoms with Gasteiger partial charge in [0, 0.05) is 24.0 Å². The lowest BCUT2D eigenvalue weighted by atomic mass is 10.1. The summed E-state index contributed by atoms with van der Waals surface area (Å²) in [5, 5.41) is 18.2. The van der Waals surface area contributed by atoms with E-state index < -0.39 is 5.60 Å². The van der Waals surface area contributed by atoms with Gasteiger partial charge in [0.15, 0.2) is 0 Å². The Morgan fingerprint density at radius 3 is 2.62 bits per heavy atom. The third kappa shape index (κ3) is 4.74. The lowest BCUT2D eigenvalue weighted by Crippen LogP contribution is -2.38. The maximum atomic E-state index is 10.2. The Morgan fingerprint density at radius 1 is 1.17 bits per heavy atom. The van der Waals surface area contributed by atoms with Crippen molar-refractivity contribution < 1.29 is 9.63 Å². The number of aromatic nitrogens is 2. The Kier molecular flexibility index (Phi) is 5.08. The number of benzene rings is 1. The highest BCUT2D eigenvalue weighted by atomic mass is 32.1. The van der Waals surface area contributed by atoms with Gasteiger partial charge in [-0.15, -0.1) is 0 Å². The van der Waals surface area contributed by atoms with Crippen LogP contribution in [0.2, 0.25) is 0 Å². The molecule has 0 amide bonds. The first-order valence-corrected chi connectivity index (χ1v) is 8.78. The van der Waals surface area contributed by atoms with Crippen LogP contribution in [0.3, 0.4) is 0 Å². The van der Waals surface area contributed by atoms with E-state index in [1.54, 1.807) is 25.2 Å². The molecule has 0 unspecified atom stereocenters. The number of aliphatic hydroxyl groups is 1. The van der Waals surface area contributed by atoms with Gasteiger partial charge in [0.25, 0.3) is 0 Å². The average molecular weight is 343 g/mol. The first-order valence-electron chi connectivity index (χ1n) is 7.83. The Morgan fingerprint density at radius 2 is 1.96 bits per heavy atom. The Bertz CT molecular complexity index is 748. The average Bonchev–Trinajstić information content (AvgIpc) is 3.17. The van der Waals surface area contributed by atoms with Gasteiger partial charge in [-0.05, 0) is 30.9 Å². The number of hydrogen-bond donors (Lipinski definition) is 1. The molecule has 0 saturated heterocycles. The summed E-state index contributed by atoms with van der Waals surface area (Å²) in [6.07, 6.45) is 0. The number of hydrogen-bond acceptors (Lipinski definition) is 6. The molecule has 1 N–H and O–H groups in total. The van der Waals surface area contributed by atoms with Crippen molar-refractivity contribution in [2.24, 2.45) is 0 Å². The molecule has 0 atom stereocenters. The largest absolute Gasteiger partial charge is 0.389 e. The van der Waals surface area contributed by atoms with E-state index in [4.69, 9.17) is 4.52 Å². The Hall–Kier alpha value is -2.02. The van der Waals surface area contributed by atoms with Crippen molar-refractivity contribution in [1.82, 2.24) is 15.0 Å². The van der Waals surface area contributed by atoms with Gasteiger partial charge < -0.3 is 9.63 Å². The van der Waals surface area contributed by atoms with Gasteiger partial charge in [0.2, 0.25) is 11.7 Å².